The Morgan fingerprint density at radius 2 is 1.97 bits per heavy atom. The van der Waals surface area contributed by atoms with E-state index >= 15 is 0 Å². The molecule has 31 heavy (non-hydrogen) atoms. The van der Waals surface area contributed by atoms with E-state index in [0.717, 1.165) is 18.2 Å². The highest BCUT2D eigenvalue weighted by atomic mass is 19.1. The fraction of sp³-hybridized carbons (Fsp3) is 0.100. The Kier molecular flexibility index (Phi) is 5.07. The molecule has 0 spiro atoms. The summed E-state index contributed by atoms with van der Waals surface area (Å²) in [4.78, 5) is 31.2. The van der Waals surface area contributed by atoms with Gasteiger partial charge in [0.2, 0.25) is 0 Å². The van der Waals surface area contributed by atoms with Crippen molar-refractivity contribution in [3.05, 3.63) is 59.3 Å². The fourth-order valence-electron chi connectivity index (χ4n) is 3.06. The van der Waals surface area contributed by atoms with Gasteiger partial charge in [-0.05, 0) is 25.1 Å². The van der Waals surface area contributed by atoms with Crippen LogP contribution >= 0.6 is 0 Å². The molecule has 11 heteroatoms. The lowest BCUT2D eigenvalue weighted by molar-refractivity contribution is 0.0692. The summed E-state index contributed by atoms with van der Waals surface area (Å²) in [6.45, 7) is 2.00. The van der Waals surface area contributed by atoms with Crippen LogP contribution in [-0.2, 0) is 0 Å². The zero-order valence-corrected chi connectivity index (χ0v) is 16.0. The number of halogens is 2. The molecule has 2 aromatic carbocycles. The topological polar surface area (TPSA) is 133 Å². The maximum Gasteiger partial charge on any atom is 0.339 e. The van der Waals surface area contributed by atoms with Crippen LogP contribution in [0, 0.1) is 11.6 Å². The Morgan fingerprint density at radius 3 is 2.65 bits per heavy atom. The number of carboxylic acids is 1. The van der Waals surface area contributed by atoms with Crippen molar-refractivity contribution in [2.45, 2.75) is 6.92 Å². The molecule has 4 rings (SSSR count). The van der Waals surface area contributed by atoms with Crippen molar-refractivity contribution in [1.82, 2.24) is 20.2 Å². The number of anilines is 1. The van der Waals surface area contributed by atoms with Gasteiger partial charge in [-0.2, -0.15) is 5.10 Å². The lowest BCUT2D eigenvalue weighted by atomic mass is 10.2. The number of rotatable bonds is 6. The molecule has 0 aliphatic rings. The Hall–Kier alpha value is -4.28. The number of nitrogens with zero attached hydrogens (tertiary/aromatic N) is 2. The molecule has 0 radical (unpaired) electrons. The molecular formula is C20H15F2N5O4. The number of H-pyrrole nitrogens is 2. The summed E-state index contributed by atoms with van der Waals surface area (Å²) in [7, 11) is 0. The Labute approximate surface area is 173 Å². The number of hydrogen-bond donors (Lipinski definition) is 4. The summed E-state index contributed by atoms with van der Waals surface area (Å²) in [6.07, 6.45) is 1.26. The van der Waals surface area contributed by atoms with E-state index in [1.165, 1.54) is 18.3 Å². The number of aromatic nitrogens is 4. The van der Waals surface area contributed by atoms with E-state index in [-0.39, 0.29) is 35.1 Å². The van der Waals surface area contributed by atoms with Crippen molar-refractivity contribution in [2.24, 2.45) is 0 Å². The molecule has 0 fully saturated rings. The van der Waals surface area contributed by atoms with E-state index in [2.05, 4.69) is 25.5 Å². The third kappa shape index (κ3) is 3.68. The maximum absolute atomic E-state index is 13.9. The zero-order valence-electron chi connectivity index (χ0n) is 16.0. The number of imidazole rings is 1. The number of benzene rings is 2. The first-order valence-electron chi connectivity index (χ1n) is 9.08. The van der Waals surface area contributed by atoms with Gasteiger partial charge in [-0.1, -0.05) is 6.07 Å². The summed E-state index contributed by atoms with van der Waals surface area (Å²) in [5, 5.41) is 18.3. The summed E-state index contributed by atoms with van der Waals surface area (Å²) in [5.74, 6) is -3.79. The van der Waals surface area contributed by atoms with Crippen molar-refractivity contribution >= 4 is 28.6 Å². The van der Waals surface area contributed by atoms with E-state index in [1.54, 1.807) is 6.92 Å². The number of nitrogens with one attached hydrogen (secondary N) is 3. The molecule has 2 aromatic heterocycles. The first kappa shape index (κ1) is 20.0. The number of hydrogen-bond acceptors (Lipinski definition) is 5. The fourth-order valence-corrected chi connectivity index (χ4v) is 3.06. The standard InChI is InChI=1S/C20H15F2N5O4/c1-2-31-15-7-13-12(6-9(15)20(29)30)24-18(25-13)17-14(8-23-27-17)26-19(28)16-10(21)4-3-5-11(16)22/h3-8H,2H2,1H3,(H,23,27)(H,24,25)(H,26,28)(H,29,30). The minimum Gasteiger partial charge on any atom is -0.493 e. The molecule has 0 saturated heterocycles. The van der Waals surface area contributed by atoms with Crippen LogP contribution < -0.4 is 10.1 Å². The Balaban J connectivity index is 1.71. The molecule has 4 aromatic rings. The molecule has 0 aliphatic carbocycles. The quantitative estimate of drug-likeness (QED) is 0.372. The van der Waals surface area contributed by atoms with Crippen LogP contribution in [0.25, 0.3) is 22.6 Å². The third-order valence-electron chi connectivity index (χ3n) is 4.43. The van der Waals surface area contributed by atoms with Gasteiger partial charge in [-0.25, -0.2) is 18.6 Å². The van der Waals surface area contributed by atoms with E-state index < -0.39 is 29.1 Å². The maximum atomic E-state index is 13.9. The second-order valence-corrected chi connectivity index (χ2v) is 6.40. The van der Waals surface area contributed by atoms with E-state index in [4.69, 9.17) is 4.74 Å². The number of fused-ring (bicyclic) bond motifs is 1. The molecule has 1 amide bonds. The number of ether oxygens (including phenoxy) is 1. The SMILES string of the molecule is CCOc1cc2nc(-c3[nH]ncc3NC(=O)c3c(F)cccc3F)[nH]c2cc1C(=O)O. The molecular weight excluding hydrogens is 412 g/mol. The molecule has 0 atom stereocenters. The molecule has 158 valence electrons. The normalized spacial score (nSPS) is 10.9. The van der Waals surface area contributed by atoms with Gasteiger partial charge in [0.25, 0.3) is 5.91 Å². The average molecular weight is 427 g/mol. The summed E-state index contributed by atoms with van der Waals surface area (Å²) in [5.41, 5.74) is 0.397. The van der Waals surface area contributed by atoms with Crippen LogP contribution in [0.15, 0.2) is 36.5 Å². The Morgan fingerprint density at radius 1 is 1.23 bits per heavy atom. The van der Waals surface area contributed by atoms with Gasteiger partial charge in [0.05, 0.1) is 29.5 Å². The van der Waals surface area contributed by atoms with E-state index in [9.17, 15) is 23.5 Å². The summed E-state index contributed by atoms with van der Waals surface area (Å²) < 4.78 is 33.2. The summed E-state index contributed by atoms with van der Waals surface area (Å²) in [6, 6.07) is 5.96. The van der Waals surface area contributed by atoms with Gasteiger partial charge in [-0.15, -0.1) is 0 Å². The highest BCUT2D eigenvalue weighted by Gasteiger charge is 2.21. The lowest BCUT2D eigenvalue weighted by Gasteiger charge is -2.06. The van der Waals surface area contributed by atoms with E-state index in [0.29, 0.717) is 11.0 Å². The number of aromatic amines is 2. The number of carbonyl (C=O) groups excluding carboxylic acids is 1. The van der Waals surface area contributed by atoms with Crippen molar-refractivity contribution in [1.29, 1.82) is 0 Å². The smallest absolute Gasteiger partial charge is 0.339 e. The lowest BCUT2D eigenvalue weighted by Crippen LogP contribution is -2.16. The van der Waals surface area contributed by atoms with Crippen LogP contribution in [0.5, 0.6) is 5.75 Å². The van der Waals surface area contributed by atoms with Crippen molar-refractivity contribution in [3.63, 3.8) is 0 Å². The second-order valence-electron chi connectivity index (χ2n) is 6.40. The predicted molar refractivity (Wildman–Crippen MR) is 106 cm³/mol. The first-order chi connectivity index (χ1) is 14.9. The molecule has 0 bridgehead atoms. The summed E-state index contributed by atoms with van der Waals surface area (Å²) >= 11 is 0. The van der Waals surface area contributed by atoms with Gasteiger partial charge >= 0.3 is 5.97 Å². The van der Waals surface area contributed by atoms with Crippen molar-refractivity contribution in [3.8, 4) is 17.3 Å². The van der Waals surface area contributed by atoms with Gasteiger partial charge in [0.15, 0.2) is 5.82 Å². The van der Waals surface area contributed by atoms with Crippen molar-refractivity contribution in [2.75, 3.05) is 11.9 Å². The molecule has 2 heterocycles. The molecule has 9 nitrogen and oxygen atoms in total. The predicted octanol–water partition coefficient (Wildman–Crippen LogP) is 3.58. The highest BCUT2D eigenvalue weighted by Crippen LogP contribution is 2.30. The zero-order chi connectivity index (χ0) is 22.1. The monoisotopic (exact) mass is 427 g/mol. The first-order valence-corrected chi connectivity index (χ1v) is 9.08. The van der Waals surface area contributed by atoms with Crippen LogP contribution in [-0.4, -0.2) is 43.8 Å². The number of amides is 1. The molecule has 0 unspecified atom stereocenters. The van der Waals surface area contributed by atoms with Gasteiger partial charge in [-0.3, -0.25) is 9.89 Å². The second kappa shape index (κ2) is 7.86. The molecule has 4 N–H and O–H groups in total. The van der Waals surface area contributed by atoms with E-state index in [1.807, 2.05) is 0 Å². The minimum atomic E-state index is -1.16. The Bertz CT molecular complexity index is 1290. The van der Waals surface area contributed by atoms with Gasteiger partial charge in [0, 0.05) is 6.07 Å². The number of carbonyl (C=O) groups is 2. The van der Waals surface area contributed by atoms with Gasteiger partial charge < -0.3 is 20.1 Å². The largest absolute Gasteiger partial charge is 0.493 e. The number of carboxylic acid groups (broad SMARTS) is 1. The van der Waals surface area contributed by atoms with Crippen LogP contribution in [0.4, 0.5) is 14.5 Å². The third-order valence-corrected chi connectivity index (χ3v) is 4.43. The van der Waals surface area contributed by atoms with Crippen LogP contribution in [0.2, 0.25) is 0 Å². The van der Waals surface area contributed by atoms with Crippen LogP contribution in [0.1, 0.15) is 27.6 Å². The average Bonchev–Trinajstić information content (AvgIpc) is 3.33. The number of aromatic carboxylic acids is 1. The van der Waals surface area contributed by atoms with Crippen molar-refractivity contribution < 1.29 is 28.2 Å². The van der Waals surface area contributed by atoms with Gasteiger partial charge in [0.1, 0.15) is 34.2 Å². The minimum absolute atomic E-state index is 0.0438. The highest BCUT2D eigenvalue weighted by molar-refractivity contribution is 6.06. The molecule has 0 saturated carbocycles. The van der Waals surface area contributed by atoms with Crippen LogP contribution in [0.3, 0.4) is 0 Å². The molecule has 0 aliphatic heterocycles.